The molecule has 0 spiro atoms. The third kappa shape index (κ3) is 9.17. The van der Waals surface area contributed by atoms with Gasteiger partial charge in [-0.1, -0.05) is 26.0 Å². The van der Waals surface area contributed by atoms with Crippen molar-refractivity contribution in [1.29, 1.82) is 0 Å². The lowest BCUT2D eigenvalue weighted by Gasteiger charge is -2.16. The lowest BCUT2D eigenvalue weighted by Crippen LogP contribution is -2.38. The number of aliphatic imine (C=N–C) groups is 1. The van der Waals surface area contributed by atoms with Crippen molar-refractivity contribution in [3.05, 3.63) is 29.8 Å². The summed E-state index contributed by atoms with van der Waals surface area (Å²) < 4.78 is 5.61. The second-order valence-corrected chi connectivity index (χ2v) is 7.77. The third-order valence-corrected chi connectivity index (χ3v) is 4.54. The quantitative estimate of drug-likeness (QED) is 0.318. The molecular formula is C22H37N5O2. The van der Waals surface area contributed by atoms with E-state index < -0.39 is 0 Å². The number of rotatable bonds is 10. The summed E-state index contributed by atoms with van der Waals surface area (Å²) in [4.78, 5) is 18.8. The Morgan fingerprint density at radius 2 is 2.03 bits per heavy atom. The molecular weight excluding hydrogens is 366 g/mol. The standard InChI is InChI=1S/C22H37N5O2/c1-4-23-21(24-11-8-14-29-17-18(2)3)25-16-19-9-7-10-20(15-19)26-22(28)27-12-5-6-13-27/h7,9-10,15,18H,4-6,8,11-14,16-17H2,1-3H3,(H,26,28)(H2,23,24,25). The average molecular weight is 404 g/mol. The summed E-state index contributed by atoms with van der Waals surface area (Å²) in [6, 6.07) is 7.87. The zero-order valence-electron chi connectivity index (χ0n) is 18.2. The highest BCUT2D eigenvalue weighted by Gasteiger charge is 2.17. The first-order valence-corrected chi connectivity index (χ1v) is 10.8. The van der Waals surface area contributed by atoms with Crippen LogP contribution in [-0.4, -0.2) is 56.3 Å². The molecule has 7 heteroatoms. The molecule has 3 N–H and O–H groups in total. The van der Waals surface area contributed by atoms with Crippen LogP contribution in [0.3, 0.4) is 0 Å². The van der Waals surface area contributed by atoms with Crippen LogP contribution in [-0.2, 0) is 11.3 Å². The molecule has 0 aromatic heterocycles. The normalized spacial score (nSPS) is 14.3. The maximum atomic E-state index is 12.3. The first-order valence-electron chi connectivity index (χ1n) is 10.8. The molecule has 1 aromatic rings. The number of amides is 2. The van der Waals surface area contributed by atoms with Gasteiger partial charge in [0.05, 0.1) is 6.54 Å². The molecule has 1 aliphatic heterocycles. The number of nitrogens with zero attached hydrogens (tertiary/aromatic N) is 2. The first kappa shape index (κ1) is 23.0. The largest absolute Gasteiger partial charge is 0.381 e. The monoisotopic (exact) mass is 403 g/mol. The molecule has 162 valence electrons. The van der Waals surface area contributed by atoms with Gasteiger partial charge in [-0.05, 0) is 49.8 Å². The van der Waals surface area contributed by atoms with Crippen LogP contribution in [0, 0.1) is 5.92 Å². The highest BCUT2D eigenvalue weighted by Crippen LogP contribution is 2.14. The van der Waals surface area contributed by atoms with Gasteiger partial charge in [0, 0.05) is 45.1 Å². The van der Waals surface area contributed by atoms with E-state index in [4.69, 9.17) is 4.74 Å². The van der Waals surface area contributed by atoms with E-state index in [1.165, 1.54) is 0 Å². The minimum atomic E-state index is -0.0159. The van der Waals surface area contributed by atoms with Gasteiger partial charge < -0.3 is 25.6 Å². The highest BCUT2D eigenvalue weighted by atomic mass is 16.5. The predicted octanol–water partition coefficient (Wildman–Crippen LogP) is 3.43. The van der Waals surface area contributed by atoms with E-state index >= 15 is 0 Å². The van der Waals surface area contributed by atoms with E-state index in [9.17, 15) is 4.79 Å². The number of hydrogen-bond acceptors (Lipinski definition) is 3. The number of urea groups is 1. The third-order valence-electron chi connectivity index (χ3n) is 4.54. The number of carbonyl (C=O) groups excluding carboxylic acids is 1. The lowest BCUT2D eigenvalue weighted by molar-refractivity contribution is 0.108. The lowest BCUT2D eigenvalue weighted by atomic mass is 10.2. The van der Waals surface area contributed by atoms with Gasteiger partial charge in [-0.15, -0.1) is 0 Å². The van der Waals surface area contributed by atoms with Crippen LogP contribution in [0.4, 0.5) is 10.5 Å². The minimum Gasteiger partial charge on any atom is -0.381 e. The molecule has 2 rings (SSSR count). The van der Waals surface area contributed by atoms with E-state index in [1.54, 1.807) is 0 Å². The fraction of sp³-hybridized carbons (Fsp3) is 0.636. The Labute approximate surface area is 175 Å². The summed E-state index contributed by atoms with van der Waals surface area (Å²) in [5.41, 5.74) is 1.87. The number of nitrogens with one attached hydrogen (secondary N) is 3. The molecule has 0 atom stereocenters. The molecule has 2 amide bonds. The molecule has 7 nitrogen and oxygen atoms in total. The maximum absolute atomic E-state index is 12.3. The number of likely N-dealkylation sites (tertiary alicyclic amines) is 1. The SMILES string of the molecule is CCNC(=NCc1cccc(NC(=O)N2CCCC2)c1)NCCCOCC(C)C. The van der Waals surface area contributed by atoms with Crippen LogP contribution in [0.2, 0.25) is 0 Å². The van der Waals surface area contributed by atoms with E-state index in [0.29, 0.717) is 12.5 Å². The number of anilines is 1. The summed E-state index contributed by atoms with van der Waals surface area (Å²) in [7, 11) is 0. The fourth-order valence-electron chi connectivity index (χ4n) is 3.08. The molecule has 1 aromatic carbocycles. The van der Waals surface area contributed by atoms with Crippen molar-refractivity contribution in [2.75, 3.05) is 44.7 Å². The van der Waals surface area contributed by atoms with Crippen molar-refractivity contribution in [3.8, 4) is 0 Å². The number of hydrogen-bond donors (Lipinski definition) is 3. The van der Waals surface area contributed by atoms with Crippen molar-refractivity contribution in [3.63, 3.8) is 0 Å². The topological polar surface area (TPSA) is 78.0 Å². The van der Waals surface area contributed by atoms with E-state index in [1.807, 2.05) is 29.2 Å². The number of carbonyl (C=O) groups is 1. The molecule has 1 aliphatic rings. The van der Waals surface area contributed by atoms with Crippen LogP contribution >= 0.6 is 0 Å². The summed E-state index contributed by atoms with van der Waals surface area (Å²) >= 11 is 0. The Kier molecular flexibility index (Phi) is 10.3. The van der Waals surface area contributed by atoms with Crippen molar-refractivity contribution in [1.82, 2.24) is 15.5 Å². The molecule has 0 aliphatic carbocycles. The van der Waals surface area contributed by atoms with Gasteiger partial charge in [0.1, 0.15) is 0 Å². The molecule has 0 bridgehead atoms. The van der Waals surface area contributed by atoms with E-state index in [-0.39, 0.29) is 6.03 Å². The molecule has 0 unspecified atom stereocenters. The van der Waals surface area contributed by atoms with Crippen molar-refractivity contribution < 1.29 is 9.53 Å². The van der Waals surface area contributed by atoms with Gasteiger partial charge in [-0.2, -0.15) is 0 Å². The van der Waals surface area contributed by atoms with E-state index in [0.717, 1.165) is 75.9 Å². The van der Waals surface area contributed by atoms with Gasteiger partial charge in [-0.3, -0.25) is 0 Å². The Balaban J connectivity index is 1.80. The van der Waals surface area contributed by atoms with Gasteiger partial charge in [0.15, 0.2) is 5.96 Å². The first-order chi connectivity index (χ1) is 14.1. The zero-order chi connectivity index (χ0) is 20.9. The van der Waals surface area contributed by atoms with Crippen LogP contribution in [0.25, 0.3) is 0 Å². The highest BCUT2D eigenvalue weighted by molar-refractivity contribution is 5.89. The van der Waals surface area contributed by atoms with Crippen LogP contribution in [0.15, 0.2) is 29.3 Å². The molecule has 0 saturated carbocycles. The summed E-state index contributed by atoms with van der Waals surface area (Å²) in [6.45, 7) is 11.8. The van der Waals surface area contributed by atoms with Gasteiger partial charge >= 0.3 is 6.03 Å². The number of guanidine groups is 1. The van der Waals surface area contributed by atoms with Crippen molar-refractivity contribution in [2.45, 2.75) is 46.6 Å². The van der Waals surface area contributed by atoms with Crippen molar-refractivity contribution >= 4 is 17.7 Å². The molecule has 1 saturated heterocycles. The summed E-state index contributed by atoms with van der Waals surface area (Å²) in [5, 5.41) is 9.61. The smallest absolute Gasteiger partial charge is 0.321 e. The zero-order valence-corrected chi connectivity index (χ0v) is 18.2. The fourth-order valence-corrected chi connectivity index (χ4v) is 3.08. The number of ether oxygens (including phenoxy) is 1. The predicted molar refractivity (Wildman–Crippen MR) is 119 cm³/mol. The van der Waals surface area contributed by atoms with Crippen molar-refractivity contribution in [2.24, 2.45) is 10.9 Å². The molecule has 29 heavy (non-hydrogen) atoms. The van der Waals surface area contributed by atoms with Gasteiger partial charge in [0.2, 0.25) is 0 Å². The van der Waals surface area contributed by atoms with E-state index in [2.05, 4.69) is 41.7 Å². The summed E-state index contributed by atoms with van der Waals surface area (Å²) in [6.07, 6.45) is 3.12. The molecule has 1 heterocycles. The average Bonchev–Trinajstić information content (AvgIpc) is 3.24. The minimum absolute atomic E-state index is 0.0159. The second-order valence-electron chi connectivity index (χ2n) is 7.77. The molecule has 1 fully saturated rings. The van der Waals surface area contributed by atoms with Crippen LogP contribution in [0.1, 0.15) is 45.6 Å². The summed E-state index contributed by atoms with van der Waals surface area (Å²) in [5.74, 6) is 1.36. The van der Waals surface area contributed by atoms with Gasteiger partial charge in [-0.25, -0.2) is 9.79 Å². The second kappa shape index (κ2) is 13.0. The maximum Gasteiger partial charge on any atom is 0.321 e. The molecule has 0 radical (unpaired) electrons. The van der Waals surface area contributed by atoms with Crippen LogP contribution in [0.5, 0.6) is 0 Å². The number of benzene rings is 1. The Hall–Kier alpha value is -2.28. The Morgan fingerprint density at radius 1 is 1.24 bits per heavy atom. The van der Waals surface area contributed by atoms with Crippen LogP contribution < -0.4 is 16.0 Å². The Morgan fingerprint density at radius 3 is 2.76 bits per heavy atom. The Bertz CT molecular complexity index is 642. The van der Waals surface area contributed by atoms with Gasteiger partial charge in [0.25, 0.3) is 0 Å².